The third-order valence-corrected chi connectivity index (χ3v) is 0.429. The number of hydrogen-bond acceptors (Lipinski definition) is 2. The molecule has 0 aliphatic rings. The maximum absolute atomic E-state index is 11.2. The van der Waals surface area contributed by atoms with Crippen LogP contribution in [0.25, 0.3) is 0 Å². The third kappa shape index (κ3) is 11.5. The summed E-state index contributed by atoms with van der Waals surface area (Å²) in [7, 11) is 1.16. The number of nitrogens with zero attached hydrogens (tertiary/aromatic N) is 1. The first-order valence-corrected chi connectivity index (χ1v) is 1.94. The monoisotopic (exact) mass is 164 g/mol. The van der Waals surface area contributed by atoms with E-state index in [0.29, 0.717) is 5.01 Å². The Labute approximate surface area is 57.2 Å². The highest BCUT2D eigenvalue weighted by molar-refractivity contribution is 5.85. The maximum atomic E-state index is 11.2. The first-order chi connectivity index (χ1) is 3.42. The van der Waals surface area contributed by atoms with Gasteiger partial charge in [-0.15, -0.1) is 12.4 Å². The summed E-state index contributed by atoms with van der Waals surface area (Å²) < 4.78 is 33.6. The number of nitrogens with two attached hydrogens (primary N) is 1. The van der Waals surface area contributed by atoms with Crippen molar-refractivity contribution in [1.29, 1.82) is 0 Å². The summed E-state index contributed by atoms with van der Waals surface area (Å²) in [5, 5.41) is 0.583. The van der Waals surface area contributed by atoms with Gasteiger partial charge in [0.25, 0.3) is 0 Å². The van der Waals surface area contributed by atoms with E-state index in [1.54, 1.807) is 0 Å². The van der Waals surface area contributed by atoms with E-state index >= 15 is 0 Å². The van der Waals surface area contributed by atoms with Crippen LogP contribution >= 0.6 is 12.4 Å². The molecular weight excluding hydrogens is 156 g/mol. The van der Waals surface area contributed by atoms with Crippen LogP contribution < -0.4 is 5.84 Å². The Bertz CT molecular complexity index is 71.9. The molecule has 0 saturated carbocycles. The lowest BCUT2D eigenvalue weighted by atomic mass is 10.6. The van der Waals surface area contributed by atoms with Crippen molar-refractivity contribution in [2.24, 2.45) is 5.84 Å². The molecule has 2 nitrogen and oxygen atoms in total. The third-order valence-electron chi connectivity index (χ3n) is 0.429. The Kier molecular flexibility index (Phi) is 5.12. The van der Waals surface area contributed by atoms with Crippen LogP contribution in [-0.2, 0) is 0 Å². The number of hydrogen-bond donors (Lipinski definition) is 1. The summed E-state index contributed by atoms with van der Waals surface area (Å²) in [5.41, 5.74) is 0. The Hall–Kier alpha value is -0.0000000000000000555. The molecule has 0 radical (unpaired) electrons. The molecule has 0 aromatic heterocycles. The van der Waals surface area contributed by atoms with Gasteiger partial charge in [-0.05, 0) is 0 Å². The zero-order valence-corrected chi connectivity index (χ0v) is 5.59. The number of halogens is 4. The molecule has 0 aliphatic heterocycles. The van der Waals surface area contributed by atoms with Crippen LogP contribution in [0.5, 0.6) is 0 Å². The van der Waals surface area contributed by atoms with Crippen molar-refractivity contribution in [2.75, 3.05) is 13.6 Å². The molecule has 0 rings (SSSR count). The van der Waals surface area contributed by atoms with Gasteiger partial charge in [-0.3, -0.25) is 5.84 Å². The van der Waals surface area contributed by atoms with Crippen molar-refractivity contribution in [3.63, 3.8) is 0 Å². The lowest BCUT2D eigenvalue weighted by Gasteiger charge is -2.11. The van der Waals surface area contributed by atoms with Gasteiger partial charge >= 0.3 is 6.18 Å². The van der Waals surface area contributed by atoms with Crippen molar-refractivity contribution in [3.05, 3.63) is 0 Å². The minimum Gasteiger partial charge on any atom is -0.269 e. The zero-order valence-electron chi connectivity index (χ0n) is 4.77. The zero-order chi connectivity index (χ0) is 6.78. The number of hydrazine groups is 1. The van der Waals surface area contributed by atoms with Crippen molar-refractivity contribution < 1.29 is 13.2 Å². The second-order valence-corrected chi connectivity index (χ2v) is 1.53. The Morgan fingerprint density at radius 2 is 1.78 bits per heavy atom. The molecule has 0 atom stereocenters. The topological polar surface area (TPSA) is 29.3 Å². The summed E-state index contributed by atoms with van der Waals surface area (Å²) in [5.74, 6) is 4.69. The summed E-state index contributed by atoms with van der Waals surface area (Å²) in [6.07, 6.45) is -4.18. The first kappa shape index (κ1) is 11.8. The van der Waals surface area contributed by atoms with Crippen LogP contribution in [0.1, 0.15) is 0 Å². The van der Waals surface area contributed by atoms with E-state index in [1.165, 1.54) is 0 Å². The summed E-state index contributed by atoms with van der Waals surface area (Å²) >= 11 is 0. The van der Waals surface area contributed by atoms with Crippen molar-refractivity contribution in [3.8, 4) is 0 Å². The van der Waals surface area contributed by atoms with E-state index in [-0.39, 0.29) is 12.4 Å². The van der Waals surface area contributed by atoms with Crippen LogP contribution in [0.4, 0.5) is 13.2 Å². The highest BCUT2D eigenvalue weighted by atomic mass is 35.5. The average molecular weight is 165 g/mol. The highest BCUT2D eigenvalue weighted by Crippen LogP contribution is 2.13. The van der Waals surface area contributed by atoms with Gasteiger partial charge in [0.05, 0.1) is 0 Å². The fourth-order valence-corrected chi connectivity index (χ4v) is 0.283. The molecule has 0 fully saturated rings. The molecule has 0 heterocycles. The minimum atomic E-state index is -4.18. The van der Waals surface area contributed by atoms with Gasteiger partial charge in [-0.2, -0.15) is 13.2 Å². The molecule has 9 heavy (non-hydrogen) atoms. The van der Waals surface area contributed by atoms with Crippen molar-refractivity contribution in [1.82, 2.24) is 5.01 Å². The van der Waals surface area contributed by atoms with Crippen LogP contribution in [-0.4, -0.2) is 24.8 Å². The molecule has 0 amide bonds. The van der Waals surface area contributed by atoms with Crippen LogP contribution in [0.3, 0.4) is 0 Å². The largest absolute Gasteiger partial charge is 0.402 e. The summed E-state index contributed by atoms with van der Waals surface area (Å²) in [4.78, 5) is 0. The van der Waals surface area contributed by atoms with Crippen molar-refractivity contribution in [2.45, 2.75) is 6.18 Å². The first-order valence-electron chi connectivity index (χ1n) is 1.94. The van der Waals surface area contributed by atoms with Gasteiger partial charge in [0.15, 0.2) is 0 Å². The standard InChI is InChI=1S/C3H7F3N2.ClH/c1-8(7)2-3(4,5)6;/h2,7H2,1H3;1H. The summed E-state index contributed by atoms with van der Waals surface area (Å²) in [6.45, 7) is -1.06. The van der Waals surface area contributed by atoms with E-state index in [2.05, 4.69) is 0 Å². The van der Waals surface area contributed by atoms with Gasteiger partial charge in [-0.25, -0.2) is 5.01 Å². The van der Waals surface area contributed by atoms with E-state index in [0.717, 1.165) is 7.05 Å². The fourth-order valence-electron chi connectivity index (χ4n) is 0.283. The van der Waals surface area contributed by atoms with Crippen molar-refractivity contribution >= 4 is 12.4 Å². The highest BCUT2D eigenvalue weighted by Gasteiger charge is 2.27. The molecule has 58 valence electrons. The fraction of sp³-hybridized carbons (Fsp3) is 1.00. The van der Waals surface area contributed by atoms with Gasteiger partial charge < -0.3 is 0 Å². The molecule has 0 bridgehead atoms. The van der Waals surface area contributed by atoms with E-state index in [9.17, 15) is 13.2 Å². The lowest BCUT2D eigenvalue weighted by molar-refractivity contribution is -0.143. The molecule has 6 heteroatoms. The molecule has 2 N–H and O–H groups in total. The quantitative estimate of drug-likeness (QED) is 0.458. The lowest BCUT2D eigenvalue weighted by Crippen LogP contribution is -2.35. The molecular formula is C3H8ClF3N2. The van der Waals surface area contributed by atoms with E-state index < -0.39 is 12.7 Å². The molecule has 0 aromatic carbocycles. The number of alkyl halides is 3. The predicted octanol–water partition coefficient (Wildman–Crippen LogP) is 0.776. The van der Waals surface area contributed by atoms with Crippen LogP contribution in [0, 0.1) is 0 Å². The van der Waals surface area contributed by atoms with Crippen LogP contribution in [0.15, 0.2) is 0 Å². The van der Waals surface area contributed by atoms with E-state index in [1.807, 2.05) is 0 Å². The Balaban J connectivity index is 0. The molecule has 0 aromatic rings. The summed E-state index contributed by atoms with van der Waals surface area (Å²) in [6, 6.07) is 0. The van der Waals surface area contributed by atoms with Gasteiger partial charge in [0.1, 0.15) is 6.54 Å². The second-order valence-electron chi connectivity index (χ2n) is 1.53. The Morgan fingerprint density at radius 3 is 1.78 bits per heavy atom. The molecule has 0 unspecified atom stereocenters. The molecule has 0 spiro atoms. The second kappa shape index (κ2) is 3.92. The minimum absolute atomic E-state index is 0. The molecule has 0 saturated heterocycles. The van der Waals surface area contributed by atoms with Gasteiger partial charge in [-0.1, -0.05) is 0 Å². The number of rotatable bonds is 1. The normalized spacial score (nSPS) is 11.3. The smallest absolute Gasteiger partial charge is 0.269 e. The maximum Gasteiger partial charge on any atom is 0.402 e. The Morgan fingerprint density at radius 1 is 1.44 bits per heavy atom. The van der Waals surface area contributed by atoms with E-state index in [4.69, 9.17) is 5.84 Å². The predicted molar refractivity (Wildman–Crippen MR) is 30.1 cm³/mol. The van der Waals surface area contributed by atoms with Crippen LogP contribution in [0.2, 0.25) is 0 Å². The average Bonchev–Trinajstić information content (AvgIpc) is 1.21. The SMILES string of the molecule is CN(N)CC(F)(F)F.Cl. The van der Waals surface area contributed by atoms with Gasteiger partial charge in [0.2, 0.25) is 0 Å². The van der Waals surface area contributed by atoms with Gasteiger partial charge in [0, 0.05) is 7.05 Å². The molecule has 0 aliphatic carbocycles.